The molecule has 1 rings (SSSR count). The van der Waals surface area contributed by atoms with Crippen LogP contribution in [0.2, 0.25) is 0 Å². The highest BCUT2D eigenvalue weighted by Gasteiger charge is 2.31. The minimum absolute atomic E-state index is 0.116. The third-order valence-electron chi connectivity index (χ3n) is 2.32. The first-order chi connectivity index (χ1) is 8.40. The van der Waals surface area contributed by atoms with Crippen molar-refractivity contribution in [1.82, 2.24) is 4.98 Å². The molecule has 102 valence electrons. The van der Waals surface area contributed by atoms with Crippen LogP contribution in [0.4, 0.5) is 19.0 Å². The van der Waals surface area contributed by atoms with Crippen LogP contribution in [-0.2, 0) is 0 Å². The van der Waals surface area contributed by atoms with Gasteiger partial charge in [-0.2, -0.15) is 0 Å². The molecule has 1 aromatic heterocycles. The van der Waals surface area contributed by atoms with E-state index in [0.29, 0.717) is 12.4 Å². The Morgan fingerprint density at radius 3 is 2.67 bits per heavy atom. The molecule has 0 spiro atoms. The molecule has 3 N–H and O–H groups in total. The number of aromatic nitrogens is 1. The second kappa shape index (κ2) is 6.44. The van der Waals surface area contributed by atoms with Crippen molar-refractivity contribution in [2.45, 2.75) is 32.2 Å². The molecule has 1 heterocycles. The van der Waals surface area contributed by atoms with Crippen LogP contribution in [0.3, 0.4) is 0 Å². The molecule has 0 fully saturated rings. The monoisotopic (exact) mass is 263 g/mol. The summed E-state index contributed by atoms with van der Waals surface area (Å²) in [4.78, 5) is 3.81. The van der Waals surface area contributed by atoms with Gasteiger partial charge < -0.3 is 15.8 Å². The van der Waals surface area contributed by atoms with Gasteiger partial charge in [0.05, 0.1) is 6.20 Å². The molecule has 0 aliphatic carbocycles. The maximum Gasteiger partial charge on any atom is 0.573 e. The van der Waals surface area contributed by atoms with E-state index < -0.39 is 6.36 Å². The summed E-state index contributed by atoms with van der Waals surface area (Å²) in [5.74, 6) is 0.158. The molecule has 4 nitrogen and oxygen atoms in total. The molecule has 7 heteroatoms. The molecule has 0 amide bonds. The zero-order valence-corrected chi connectivity index (χ0v) is 10.00. The van der Waals surface area contributed by atoms with Gasteiger partial charge in [-0.15, -0.1) is 13.2 Å². The zero-order valence-electron chi connectivity index (χ0n) is 10.00. The maximum atomic E-state index is 11.9. The lowest BCUT2D eigenvalue weighted by atomic mass is 10.2. The van der Waals surface area contributed by atoms with Gasteiger partial charge in [0.15, 0.2) is 0 Å². The van der Waals surface area contributed by atoms with E-state index in [9.17, 15) is 13.2 Å². The predicted molar refractivity (Wildman–Crippen MR) is 62.3 cm³/mol. The number of hydrogen-bond acceptors (Lipinski definition) is 4. The smallest absolute Gasteiger partial charge is 0.404 e. The Balaban J connectivity index is 2.41. The number of alkyl halides is 3. The lowest BCUT2D eigenvalue weighted by Crippen LogP contribution is -2.22. The number of ether oxygens (including phenoxy) is 1. The van der Waals surface area contributed by atoms with Crippen LogP contribution in [0, 0.1) is 0 Å². The average Bonchev–Trinajstić information content (AvgIpc) is 2.29. The summed E-state index contributed by atoms with van der Waals surface area (Å²) in [6.45, 7) is 2.62. The van der Waals surface area contributed by atoms with E-state index >= 15 is 0 Å². The lowest BCUT2D eigenvalue weighted by Gasteiger charge is -2.11. The molecule has 0 bridgehead atoms. The third kappa shape index (κ3) is 5.72. The van der Waals surface area contributed by atoms with Gasteiger partial charge in [-0.25, -0.2) is 4.98 Å². The number of nitrogens with one attached hydrogen (secondary N) is 1. The Hall–Kier alpha value is -1.50. The van der Waals surface area contributed by atoms with Crippen LogP contribution in [0.25, 0.3) is 0 Å². The molecule has 1 atom stereocenters. The van der Waals surface area contributed by atoms with Crippen LogP contribution in [0.1, 0.15) is 19.8 Å². The molecule has 0 saturated carbocycles. The predicted octanol–water partition coefficient (Wildman–Crippen LogP) is 2.52. The summed E-state index contributed by atoms with van der Waals surface area (Å²) in [6.07, 6.45) is -2.01. The van der Waals surface area contributed by atoms with Crippen LogP contribution in [-0.4, -0.2) is 23.9 Å². The fraction of sp³-hybridized carbons (Fsp3) is 0.545. The van der Waals surface area contributed by atoms with Gasteiger partial charge in [0, 0.05) is 12.6 Å². The lowest BCUT2D eigenvalue weighted by molar-refractivity contribution is -0.274. The number of hydrogen-bond donors (Lipinski definition) is 2. The van der Waals surface area contributed by atoms with Gasteiger partial charge in [0.25, 0.3) is 0 Å². The second-order valence-corrected chi connectivity index (χ2v) is 3.81. The van der Waals surface area contributed by atoms with Crippen molar-refractivity contribution >= 4 is 5.82 Å². The van der Waals surface area contributed by atoms with Crippen molar-refractivity contribution in [3.05, 3.63) is 18.3 Å². The van der Waals surface area contributed by atoms with Crippen molar-refractivity contribution < 1.29 is 17.9 Å². The van der Waals surface area contributed by atoms with Crippen molar-refractivity contribution in [3.8, 4) is 5.75 Å². The van der Waals surface area contributed by atoms with E-state index in [1.54, 1.807) is 0 Å². The topological polar surface area (TPSA) is 60.2 Å². The molecular formula is C11H16F3N3O. The minimum Gasteiger partial charge on any atom is -0.404 e. The molecule has 0 saturated heterocycles. The molecule has 0 aliphatic rings. The maximum absolute atomic E-state index is 11.9. The summed E-state index contributed by atoms with van der Waals surface area (Å²) in [6, 6.07) is 2.76. The van der Waals surface area contributed by atoms with Crippen LogP contribution in [0.5, 0.6) is 5.75 Å². The number of nitrogens with zero attached hydrogens (tertiary/aromatic N) is 1. The highest BCUT2D eigenvalue weighted by molar-refractivity contribution is 5.37. The van der Waals surface area contributed by atoms with Crippen molar-refractivity contribution in [2.24, 2.45) is 5.73 Å². The second-order valence-electron chi connectivity index (χ2n) is 3.81. The third-order valence-corrected chi connectivity index (χ3v) is 2.32. The quantitative estimate of drug-likeness (QED) is 0.828. The van der Waals surface area contributed by atoms with Crippen molar-refractivity contribution in [2.75, 3.05) is 11.9 Å². The van der Waals surface area contributed by atoms with Crippen LogP contribution in [0.15, 0.2) is 18.3 Å². The molecule has 1 aromatic rings. The molecular weight excluding hydrogens is 247 g/mol. The van der Waals surface area contributed by atoms with Gasteiger partial charge in [0.1, 0.15) is 11.6 Å². The van der Waals surface area contributed by atoms with E-state index in [0.717, 1.165) is 19.0 Å². The summed E-state index contributed by atoms with van der Waals surface area (Å²) in [7, 11) is 0. The molecule has 1 unspecified atom stereocenters. The summed E-state index contributed by atoms with van der Waals surface area (Å²) in [5.41, 5.74) is 5.73. The highest BCUT2D eigenvalue weighted by Crippen LogP contribution is 2.22. The number of anilines is 1. The standard InChI is InChI=1S/C11H16F3N3O/c1-2-8(15)5-6-16-10-4-3-9(7-17-10)18-11(12,13)14/h3-4,7-8H,2,5-6,15H2,1H3,(H,16,17). The Morgan fingerprint density at radius 2 is 2.17 bits per heavy atom. The normalized spacial score (nSPS) is 13.2. The highest BCUT2D eigenvalue weighted by atomic mass is 19.4. The first-order valence-corrected chi connectivity index (χ1v) is 5.62. The molecule has 0 aliphatic heterocycles. The van der Waals surface area contributed by atoms with Gasteiger partial charge in [-0.05, 0) is 25.0 Å². The largest absolute Gasteiger partial charge is 0.573 e. The van der Waals surface area contributed by atoms with E-state index in [1.807, 2.05) is 6.92 Å². The van der Waals surface area contributed by atoms with Crippen molar-refractivity contribution in [3.63, 3.8) is 0 Å². The Morgan fingerprint density at radius 1 is 1.44 bits per heavy atom. The molecule has 18 heavy (non-hydrogen) atoms. The van der Waals surface area contributed by atoms with Crippen LogP contribution < -0.4 is 15.8 Å². The molecule has 0 aromatic carbocycles. The van der Waals surface area contributed by atoms with E-state index in [-0.39, 0.29) is 11.8 Å². The van der Waals surface area contributed by atoms with Gasteiger partial charge in [-0.3, -0.25) is 0 Å². The Kier molecular flexibility index (Phi) is 5.21. The number of rotatable bonds is 6. The Labute approximate surface area is 103 Å². The molecule has 0 radical (unpaired) electrons. The summed E-state index contributed by atoms with van der Waals surface area (Å²) >= 11 is 0. The summed E-state index contributed by atoms with van der Waals surface area (Å²) < 4.78 is 39.4. The SMILES string of the molecule is CCC(N)CCNc1ccc(OC(F)(F)F)cn1. The number of nitrogens with two attached hydrogens (primary N) is 1. The summed E-state index contributed by atoms with van der Waals surface area (Å²) in [5, 5.41) is 2.97. The fourth-order valence-electron chi connectivity index (χ4n) is 1.27. The van der Waals surface area contributed by atoms with Gasteiger partial charge in [0.2, 0.25) is 0 Å². The number of pyridine rings is 1. The first kappa shape index (κ1) is 14.6. The fourth-order valence-corrected chi connectivity index (χ4v) is 1.27. The van der Waals surface area contributed by atoms with Gasteiger partial charge >= 0.3 is 6.36 Å². The van der Waals surface area contributed by atoms with Crippen LogP contribution >= 0.6 is 0 Å². The first-order valence-electron chi connectivity index (χ1n) is 5.62. The van der Waals surface area contributed by atoms with Gasteiger partial charge in [-0.1, -0.05) is 6.92 Å². The van der Waals surface area contributed by atoms with Crippen molar-refractivity contribution in [1.29, 1.82) is 0 Å². The number of halogens is 3. The van der Waals surface area contributed by atoms with E-state index in [1.165, 1.54) is 12.1 Å². The zero-order chi connectivity index (χ0) is 13.6. The minimum atomic E-state index is -4.69. The van der Waals surface area contributed by atoms with E-state index in [4.69, 9.17) is 5.73 Å². The average molecular weight is 263 g/mol. The Bertz CT molecular complexity index is 354. The van der Waals surface area contributed by atoms with E-state index in [2.05, 4.69) is 15.0 Å².